The highest BCUT2D eigenvalue weighted by Crippen LogP contribution is 2.34. The van der Waals surface area contributed by atoms with Crippen molar-refractivity contribution >= 4 is 5.69 Å². The fraction of sp³-hybridized carbons (Fsp3) is 0.600. The number of hydrogen-bond acceptors (Lipinski definition) is 3. The van der Waals surface area contributed by atoms with E-state index in [4.69, 9.17) is 0 Å². The van der Waals surface area contributed by atoms with Crippen LogP contribution in [0.3, 0.4) is 0 Å². The second-order valence-electron chi connectivity index (χ2n) is 5.42. The number of hydrogen-bond donors (Lipinski definition) is 2. The minimum atomic E-state index is -0.172. The molecule has 0 amide bonds. The van der Waals surface area contributed by atoms with E-state index in [1.165, 1.54) is 6.07 Å². The second-order valence-corrected chi connectivity index (χ2v) is 5.42. The molecule has 0 aliphatic heterocycles. The first-order chi connectivity index (χ1) is 9.13. The summed E-state index contributed by atoms with van der Waals surface area (Å²) in [6, 6.07) is 5.99. The Morgan fingerprint density at radius 1 is 1.42 bits per heavy atom. The molecular formula is C15H23FN2O. The minimum absolute atomic E-state index is 0.101. The highest BCUT2D eigenvalue weighted by atomic mass is 19.1. The topological polar surface area (TPSA) is 35.5 Å². The van der Waals surface area contributed by atoms with Gasteiger partial charge in [0.25, 0.3) is 0 Å². The molecule has 1 aliphatic carbocycles. The fourth-order valence-corrected chi connectivity index (χ4v) is 2.29. The molecule has 106 valence electrons. The smallest absolute Gasteiger partial charge is 0.129 e. The van der Waals surface area contributed by atoms with E-state index in [0.717, 1.165) is 18.5 Å². The van der Waals surface area contributed by atoms with Crippen molar-refractivity contribution in [1.29, 1.82) is 0 Å². The average Bonchev–Trinajstić information content (AvgIpc) is 3.18. The molecule has 0 bridgehead atoms. The van der Waals surface area contributed by atoms with Crippen LogP contribution in [0.1, 0.15) is 32.3 Å². The first-order valence-electron chi connectivity index (χ1n) is 7.01. The zero-order valence-electron chi connectivity index (χ0n) is 11.7. The molecule has 19 heavy (non-hydrogen) atoms. The van der Waals surface area contributed by atoms with E-state index in [9.17, 15) is 9.50 Å². The zero-order valence-corrected chi connectivity index (χ0v) is 11.7. The summed E-state index contributed by atoms with van der Waals surface area (Å²) in [5.74, 6) is -0.172. The number of benzene rings is 1. The molecule has 1 aromatic carbocycles. The van der Waals surface area contributed by atoms with E-state index in [1.807, 2.05) is 19.9 Å². The Morgan fingerprint density at radius 3 is 2.74 bits per heavy atom. The van der Waals surface area contributed by atoms with Gasteiger partial charge in [-0.25, -0.2) is 4.39 Å². The third-order valence-electron chi connectivity index (χ3n) is 3.42. The van der Waals surface area contributed by atoms with Crippen molar-refractivity contribution in [3.05, 3.63) is 29.6 Å². The highest BCUT2D eigenvalue weighted by Gasteiger charge is 2.30. The van der Waals surface area contributed by atoms with Crippen LogP contribution in [0.15, 0.2) is 18.2 Å². The van der Waals surface area contributed by atoms with Gasteiger partial charge in [-0.3, -0.25) is 0 Å². The Bertz CT molecular complexity index is 419. The monoisotopic (exact) mass is 266 g/mol. The van der Waals surface area contributed by atoms with Gasteiger partial charge in [0.15, 0.2) is 0 Å². The summed E-state index contributed by atoms with van der Waals surface area (Å²) in [6.07, 6.45) is 2.27. The first kappa shape index (κ1) is 14.3. The number of aliphatic hydroxyl groups excluding tert-OH is 1. The van der Waals surface area contributed by atoms with E-state index < -0.39 is 0 Å². The lowest BCUT2D eigenvalue weighted by molar-refractivity contribution is 0.301. The summed E-state index contributed by atoms with van der Waals surface area (Å²) in [6.45, 7) is 5.29. The van der Waals surface area contributed by atoms with Gasteiger partial charge in [0.1, 0.15) is 5.82 Å². The van der Waals surface area contributed by atoms with Crippen molar-refractivity contribution in [2.45, 2.75) is 45.3 Å². The molecule has 0 saturated heterocycles. The van der Waals surface area contributed by atoms with Gasteiger partial charge in [0, 0.05) is 36.4 Å². The van der Waals surface area contributed by atoms with Crippen LogP contribution in [-0.4, -0.2) is 30.3 Å². The van der Waals surface area contributed by atoms with Crippen LogP contribution in [0.5, 0.6) is 0 Å². The highest BCUT2D eigenvalue weighted by molar-refractivity contribution is 5.56. The maximum Gasteiger partial charge on any atom is 0.129 e. The Kier molecular flexibility index (Phi) is 4.77. The van der Waals surface area contributed by atoms with Crippen LogP contribution in [0.4, 0.5) is 10.1 Å². The number of nitrogens with one attached hydrogen (secondary N) is 1. The van der Waals surface area contributed by atoms with Gasteiger partial charge < -0.3 is 15.3 Å². The van der Waals surface area contributed by atoms with Crippen molar-refractivity contribution < 1.29 is 9.50 Å². The third-order valence-corrected chi connectivity index (χ3v) is 3.42. The molecule has 1 saturated carbocycles. The third kappa shape index (κ3) is 3.67. The predicted octanol–water partition coefficient (Wildman–Crippen LogP) is 2.28. The van der Waals surface area contributed by atoms with Gasteiger partial charge in [-0.2, -0.15) is 0 Å². The van der Waals surface area contributed by atoms with Gasteiger partial charge in [0.2, 0.25) is 0 Å². The second kappa shape index (κ2) is 6.35. The van der Waals surface area contributed by atoms with Gasteiger partial charge in [-0.05, 0) is 25.0 Å². The van der Waals surface area contributed by atoms with Crippen LogP contribution in [0.25, 0.3) is 0 Å². The Labute approximate surface area is 114 Å². The molecule has 1 aromatic rings. The molecule has 0 spiro atoms. The van der Waals surface area contributed by atoms with Gasteiger partial charge in [-0.1, -0.05) is 19.9 Å². The summed E-state index contributed by atoms with van der Waals surface area (Å²) < 4.78 is 14.1. The standard InChI is InChI=1S/C15H23FN2O/c1-11(2)17-10-13-14(16)4-3-5-15(13)18(8-9-19)12-6-7-12/h3-5,11-12,17,19H,6-10H2,1-2H3. The summed E-state index contributed by atoms with van der Waals surface area (Å²) in [5.41, 5.74) is 1.63. The molecule has 2 N–H and O–H groups in total. The van der Waals surface area contributed by atoms with Crippen molar-refractivity contribution in [2.24, 2.45) is 0 Å². The van der Waals surface area contributed by atoms with Crippen LogP contribution in [0, 0.1) is 5.82 Å². The predicted molar refractivity (Wildman–Crippen MR) is 75.8 cm³/mol. The van der Waals surface area contributed by atoms with E-state index >= 15 is 0 Å². The van der Waals surface area contributed by atoms with E-state index in [-0.39, 0.29) is 12.4 Å². The minimum Gasteiger partial charge on any atom is -0.395 e. The molecule has 3 nitrogen and oxygen atoms in total. The van der Waals surface area contributed by atoms with Crippen LogP contribution < -0.4 is 10.2 Å². The molecule has 0 unspecified atom stereocenters. The lowest BCUT2D eigenvalue weighted by Gasteiger charge is -2.27. The molecule has 2 rings (SSSR count). The summed E-state index contributed by atoms with van der Waals surface area (Å²) in [4.78, 5) is 2.14. The summed E-state index contributed by atoms with van der Waals surface area (Å²) >= 11 is 0. The van der Waals surface area contributed by atoms with Crippen molar-refractivity contribution in [2.75, 3.05) is 18.1 Å². The fourth-order valence-electron chi connectivity index (χ4n) is 2.29. The van der Waals surface area contributed by atoms with Crippen LogP contribution >= 0.6 is 0 Å². The Balaban J connectivity index is 2.24. The van der Waals surface area contributed by atoms with Crippen LogP contribution in [-0.2, 0) is 6.54 Å². The number of aliphatic hydroxyl groups is 1. The molecule has 4 heteroatoms. The summed E-state index contributed by atoms with van der Waals surface area (Å²) in [5, 5.41) is 12.5. The van der Waals surface area contributed by atoms with Crippen molar-refractivity contribution in [1.82, 2.24) is 5.32 Å². The number of halogens is 1. The maximum atomic E-state index is 14.1. The lowest BCUT2D eigenvalue weighted by Crippen LogP contribution is -2.31. The van der Waals surface area contributed by atoms with Crippen molar-refractivity contribution in [3.63, 3.8) is 0 Å². The SMILES string of the molecule is CC(C)NCc1c(F)cccc1N(CCO)C1CC1. The van der Waals surface area contributed by atoms with Gasteiger partial charge >= 0.3 is 0 Å². The summed E-state index contributed by atoms with van der Waals surface area (Å²) in [7, 11) is 0. The normalized spacial score (nSPS) is 15.0. The quantitative estimate of drug-likeness (QED) is 0.795. The molecule has 0 radical (unpaired) electrons. The Hall–Kier alpha value is -1.13. The first-order valence-corrected chi connectivity index (χ1v) is 7.01. The van der Waals surface area contributed by atoms with Gasteiger partial charge in [0.05, 0.1) is 6.61 Å². The molecule has 1 aliphatic rings. The number of rotatable bonds is 7. The molecule has 1 fully saturated rings. The van der Waals surface area contributed by atoms with E-state index in [2.05, 4.69) is 10.2 Å². The molecular weight excluding hydrogens is 243 g/mol. The molecule has 0 atom stereocenters. The molecule has 0 aromatic heterocycles. The van der Waals surface area contributed by atoms with Crippen molar-refractivity contribution in [3.8, 4) is 0 Å². The van der Waals surface area contributed by atoms with E-state index in [1.54, 1.807) is 6.07 Å². The number of anilines is 1. The largest absolute Gasteiger partial charge is 0.395 e. The van der Waals surface area contributed by atoms with E-state index in [0.29, 0.717) is 30.7 Å². The Morgan fingerprint density at radius 2 is 2.16 bits per heavy atom. The number of nitrogens with zero attached hydrogens (tertiary/aromatic N) is 1. The van der Waals surface area contributed by atoms with Gasteiger partial charge in [-0.15, -0.1) is 0 Å². The average molecular weight is 266 g/mol. The lowest BCUT2D eigenvalue weighted by atomic mass is 10.1. The maximum absolute atomic E-state index is 14.1. The molecule has 0 heterocycles. The van der Waals surface area contributed by atoms with Crippen LogP contribution in [0.2, 0.25) is 0 Å². The zero-order chi connectivity index (χ0) is 13.8.